The van der Waals surface area contributed by atoms with E-state index in [4.69, 9.17) is 0 Å². The van der Waals surface area contributed by atoms with E-state index in [1.54, 1.807) is 18.3 Å². The summed E-state index contributed by atoms with van der Waals surface area (Å²) in [5.74, 6) is 0.363. The topological polar surface area (TPSA) is 92.4 Å². The largest absolute Gasteiger partial charge is 0.435 e. The van der Waals surface area contributed by atoms with Gasteiger partial charge in [0.25, 0.3) is 5.91 Å². The van der Waals surface area contributed by atoms with Gasteiger partial charge in [0, 0.05) is 63.1 Å². The normalized spacial score (nSPS) is 14.1. The van der Waals surface area contributed by atoms with Gasteiger partial charge >= 0.3 is 6.18 Å². The van der Waals surface area contributed by atoms with Crippen LogP contribution in [0.25, 0.3) is 16.9 Å². The average molecular weight is 521 g/mol. The zero-order valence-corrected chi connectivity index (χ0v) is 20.3. The van der Waals surface area contributed by atoms with Crippen molar-refractivity contribution in [1.29, 1.82) is 0 Å². The number of nitrogens with one attached hydrogen (secondary N) is 2. The van der Waals surface area contributed by atoms with E-state index >= 15 is 0 Å². The van der Waals surface area contributed by atoms with Crippen molar-refractivity contribution in [3.05, 3.63) is 59.8 Å². The summed E-state index contributed by atoms with van der Waals surface area (Å²) in [6.07, 6.45) is 1.12. The summed E-state index contributed by atoms with van der Waals surface area (Å²) in [6.45, 7) is 4.74. The van der Waals surface area contributed by atoms with Crippen LogP contribution in [0.3, 0.4) is 0 Å². The molecule has 4 heterocycles. The molecule has 0 atom stereocenters. The molecule has 3 aromatic heterocycles. The van der Waals surface area contributed by atoms with E-state index in [1.807, 2.05) is 17.9 Å². The average Bonchev–Trinajstić information content (AvgIpc) is 3.43. The van der Waals surface area contributed by atoms with Gasteiger partial charge in [-0.3, -0.25) is 13.9 Å². The maximum Gasteiger partial charge on any atom is 0.435 e. The Morgan fingerprint density at radius 2 is 1.92 bits per heavy atom. The molecule has 1 amide bonds. The van der Waals surface area contributed by atoms with Gasteiger partial charge in [-0.25, -0.2) is 9.97 Å². The second-order valence-corrected chi connectivity index (χ2v) is 8.37. The highest BCUT2D eigenvalue weighted by molar-refractivity contribution is 5.96. The maximum absolute atomic E-state index is 13.5. The van der Waals surface area contributed by atoms with Crippen LogP contribution in [-0.2, 0) is 13.2 Å². The molecule has 2 N–H and O–H groups in total. The number of aryl methyl sites for hydroxylation is 2. The maximum atomic E-state index is 13.5. The number of carbonyl (C=O) groups is 1. The highest BCUT2D eigenvalue weighted by Gasteiger charge is 2.38. The molecule has 0 aliphatic carbocycles. The van der Waals surface area contributed by atoms with Crippen LogP contribution in [0, 0.1) is 6.92 Å². The number of piperazine rings is 1. The first kappa shape index (κ1) is 25.5. The number of aromatic nitrogens is 5. The second kappa shape index (κ2) is 9.78. The van der Waals surface area contributed by atoms with Crippen LogP contribution in [0.2, 0.25) is 0 Å². The Hall–Kier alpha value is -3.64. The molecule has 1 aromatic carbocycles. The molecule has 190 valence electrons. The molecule has 4 aromatic rings. The lowest BCUT2D eigenvalue weighted by atomic mass is 10.1. The van der Waals surface area contributed by atoms with Gasteiger partial charge in [0.1, 0.15) is 0 Å². The van der Waals surface area contributed by atoms with Gasteiger partial charge in [0.05, 0.1) is 17.5 Å². The van der Waals surface area contributed by atoms with Crippen molar-refractivity contribution in [2.75, 3.05) is 31.5 Å². The Bertz CT molecular complexity index is 1410. The highest BCUT2D eigenvalue weighted by atomic mass is 35.5. The van der Waals surface area contributed by atoms with Crippen LogP contribution in [0.1, 0.15) is 21.6 Å². The number of anilines is 2. The van der Waals surface area contributed by atoms with Gasteiger partial charge in [-0.05, 0) is 30.7 Å². The molecule has 0 radical (unpaired) electrons. The fraction of sp³-hybridized carbons (Fsp3) is 0.304. The fourth-order valence-electron chi connectivity index (χ4n) is 4.25. The summed E-state index contributed by atoms with van der Waals surface area (Å²) < 4.78 is 43.2. The minimum absolute atomic E-state index is 0. The van der Waals surface area contributed by atoms with Gasteiger partial charge in [0.2, 0.25) is 0 Å². The van der Waals surface area contributed by atoms with Crippen molar-refractivity contribution in [2.24, 2.45) is 7.05 Å². The number of halogens is 4. The molecule has 1 aliphatic heterocycles. The fourth-order valence-corrected chi connectivity index (χ4v) is 4.25. The van der Waals surface area contributed by atoms with Crippen LogP contribution in [-0.4, -0.2) is 61.1 Å². The first-order valence-corrected chi connectivity index (χ1v) is 11.0. The predicted octanol–water partition coefficient (Wildman–Crippen LogP) is 3.67. The zero-order chi connectivity index (χ0) is 24.7. The first-order valence-electron chi connectivity index (χ1n) is 11.0. The van der Waals surface area contributed by atoms with Crippen LogP contribution in [0.5, 0.6) is 0 Å². The highest BCUT2D eigenvalue weighted by Crippen LogP contribution is 2.36. The number of imidazole rings is 1. The molecule has 1 fully saturated rings. The number of hydrogen-bond acceptors (Lipinski definition) is 6. The molecule has 1 aliphatic rings. The molecule has 0 saturated carbocycles. The third-order valence-electron chi connectivity index (χ3n) is 5.93. The first-order chi connectivity index (χ1) is 16.7. The molecule has 9 nitrogen and oxygen atoms in total. The summed E-state index contributed by atoms with van der Waals surface area (Å²) in [5, 5.41) is 9.99. The zero-order valence-electron chi connectivity index (χ0n) is 19.5. The summed E-state index contributed by atoms with van der Waals surface area (Å²) in [5.41, 5.74) is 1.67. The smallest absolute Gasteiger partial charge is 0.337 e. The minimum Gasteiger partial charge on any atom is -0.337 e. The number of fused-ring (bicyclic) bond motifs is 1. The molecular weight excluding hydrogens is 497 g/mol. The van der Waals surface area contributed by atoms with Gasteiger partial charge in [-0.2, -0.15) is 18.3 Å². The lowest BCUT2D eigenvalue weighted by Crippen LogP contribution is -2.46. The number of benzene rings is 1. The Morgan fingerprint density at radius 3 is 2.61 bits per heavy atom. The quantitative estimate of drug-likeness (QED) is 0.426. The van der Waals surface area contributed by atoms with Crippen LogP contribution < -0.4 is 10.6 Å². The Labute approximate surface area is 210 Å². The molecule has 5 rings (SSSR count). The number of alkyl halides is 3. The third kappa shape index (κ3) is 4.73. The van der Waals surface area contributed by atoms with E-state index in [2.05, 4.69) is 25.7 Å². The summed E-state index contributed by atoms with van der Waals surface area (Å²) >= 11 is 0. The lowest BCUT2D eigenvalue weighted by molar-refractivity contribution is -0.141. The summed E-state index contributed by atoms with van der Waals surface area (Å²) in [4.78, 5) is 23.3. The van der Waals surface area contributed by atoms with Crippen molar-refractivity contribution >= 4 is 35.5 Å². The Morgan fingerprint density at radius 1 is 1.17 bits per heavy atom. The molecule has 36 heavy (non-hydrogen) atoms. The van der Waals surface area contributed by atoms with E-state index in [0.29, 0.717) is 35.8 Å². The van der Waals surface area contributed by atoms with Crippen molar-refractivity contribution in [3.63, 3.8) is 0 Å². The lowest BCUT2D eigenvalue weighted by Gasteiger charge is -2.28. The molecule has 0 bridgehead atoms. The number of amides is 1. The second-order valence-electron chi connectivity index (χ2n) is 8.37. The van der Waals surface area contributed by atoms with E-state index in [-0.39, 0.29) is 29.6 Å². The van der Waals surface area contributed by atoms with Gasteiger partial charge in [0.15, 0.2) is 17.2 Å². The van der Waals surface area contributed by atoms with Crippen molar-refractivity contribution < 1.29 is 18.0 Å². The molecule has 1 saturated heterocycles. The SMILES string of the molecule is Cc1cc(Nc2nccn3c(-c4cn(C)nc4C(F)(F)F)cnc23)ccc1C(=O)N1CCNCC1.Cl. The monoisotopic (exact) mass is 520 g/mol. The van der Waals surface area contributed by atoms with Crippen LogP contribution >= 0.6 is 12.4 Å². The van der Waals surface area contributed by atoms with Gasteiger partial charge < -0.3 is 15.5 Å². The van der Waals surface area contributed by atoms with Crippen molar-refractivity contribution in [1.82, 2.24) is 34.4 Å². The number of hydrogen-bond donors (Lipinski definition) is 2. The molecular formula is C23H24ClF3N8O. The molecule has 0 unspecified atom stereocenters. The summed E-state index contributed by atoms with van der Waals surface area (Å²) in [7, 11) is 1.44. The van der Waals surface area contributed by atoms with Crippen LogP contribution in [0.4, 0.5) is 24.7 Å². The Kier molecular flexibility index (Phi) is 6.92. The minimum atomic E-state index is -4.60. The van der Waals surface area contributed by atoms with E-state index in [0.717, 1.165) is 23.3 Å². The van der Waals surface area contributed by atoms with Crippen LogP contribution in [0.15, 0.2) is 43.0 Å². The van der Waals surface area contributed by atoms with Gasteiger partial charge in [-0.1, -0.05) is 0 Å². The van der Waals surface area contributed by atoms with E-state index in [1.165, 1.54) is 30.0 Å². The number of carbonyl (C=O) groups excluding carboxylic acids is 1. The molecule has 13 heteroatoms. The van der Waals surface area contributed by atoms with E-state index in [9.17, 15) is 18.0 Å². The number of nitrogens with zero attached hydrogens (tertiary/aromatic N) is 6. The van der Waals surface area contributed by atoms with Gasteiger partial charge in [-0.15, -0.1) is 12.4 Å². The third-order valence-corrected chi connectivity index (χ3v) is 5.93. The van der Waals surface area contributed by atoms with Crippen molar-refractivity contribution in [2.45, 2.75) is 13.1 Å². The van der Waals surface area contributed by atoms with E-state index < -0.39 is 11.9 Å². The standard InChI is InChI=1S/C23H23F3N8O.ClH/c1-14-11-15(3-4-16(14)22(35)33-8-5-27-6-9-33)30-20-21-29-12-18(34(21)10-7-28-20)17-13-32(2)31-19(17)23(24,25)26;/h3-4,7,10-13,27H,5-6,8-9H2,1-2H3,(H,28,30);1H. The number of rotatable bonds is 4. The predicted molar refractivity (Wildman–Crippen MR) is 131 cm³/mol. The summed E-state index contributed by atoms with van der Waals surface area (Å²) in [6, 6.07) is 5.39. The van der Waals surface area contributed by atoms with Crippen molar-refractivity contribution in [3.8, 4) is 11.3 Å². The Balaban J connectivity index is 0.00000304. The molecule has 0 spiro atoms.